The zero-order chi connectivity index (χ0) is 16.8. The van der Waals surface area contributed by atoms with E-state index in [1.807, 2.05) is 30.3 Å². The number of amides is 1. The van der Waals surface area contributed by atoms with Crippen molar-refractivity contribution in [1.29, 1.82) is 0 Å². The van der Waals surface area contributed by atoms with Gasteiger partial charge in [0.05, 0.1) is 18.6 Å². The van der Waals surface area contributed by atoms with Crippen molar-refractivity contribution in [2.45, 2.75) is 51.4 Å². The highest BCUT2D eigenvalue weighted by molar-refractivity contribution is 5.69. The van der Waals surface area contributed by atoms with Gasteiger partial charge in [0.25, 0.3) is 0 Å². The standard InChI is InChI=1S/C16H23NO5/c1-16(2,3)22-15(21)17-12(13(18)10-14(19)20)9-11-7-5-4-6-8-11/h4-8,12-13,18H,9-10H2,1-3H3,(H,17,21)(H,19,20)/t12-,13-/m1/s1. The van der Waals surface area contributed by atoms with Crippen molar-refractivity contribution in [2.24, 2.45) is 0 Å². The first-order chi connectivity index (χ1) is 10.2. The van der Waals surface area contributed by atoms with Gasteiger partial charge in [-0.05, 0) is 32.8 Å². The van der Waals surface area contributed by atoms with Crippen LogP contribution in [0.25, 0.3) is 0 Å². The van der Waals surface area contributed by atoms with E-state index in [0.717, 1.165) is 5.56 Å². The summed E-state index contributed by atoms with van der Waals surface area (Å²) in [4.78, 5) is 22.6. The zero-order valence-electron chi connectivity index (χ0n) is 13.1. The van der Waals surface area contributed by atoms with Gasteiger partial charge in [0.1, 0.15) is 5.60 Å². The summed E-state index contributed by atoms with van der Waals surface area (Å²) < 4.78 is 5.15. The summed E-state index contributed by atoms with van der Waals surface area (Å²) in [5, 5.41) is 21.4. The van der Waals surface area contributed by atoms with Gasteiger partial charge >= 0.3 is 12.1 Å². The molecule has 0 fully saturated rings. The molecule has 1 rings (SSSR count). The number of hydrogen-bond donors (Lipinski definition) is 3. The van der Waals surface area contributed by atoms with Crippen molar-refractivity contribution < 1.29 is 24.5 Å². The average molecular weight is 309 g/mol. The molecular formula is C16H23NO5. The number of alkyl carbamates (subject to hydrolysis) is 1. The van der Waals surface area contributed by atoms with Crippen LogP contribution in [0.5, 0.6) is 0 Å². The van der Waals surface area contributed by atoms with Crippen molar-refractivity contribution >= 4 is 12.1 Å². The maximum atomic E-state index is 11.9. The van der Waals surface area contributed by atoms with Crippen LogP contribution in [-0.4, -0.2) is 40.0 Å². The third kappa shape index (κ3) is 7.08. The van der Waals surface area contributed by atoms with Gasteiger partial charge < -0.3 is 20.3 Å². The van der Waals surface area contributed by atoms with E-state index in [9.17, 15) is 14.7 Å². The van der Waals surface area contributed by atoms with Crippen LogP contribution in [0.3, 0.4) is 0 Å². The highest BCUT2D eigenvalue weighted by Gasteiger charge is 2.26. The average Bonchev–Trinajstić information content (AvgIpc) is 2.36. The molecule has 1 aromatic carbocycles. The van der Waals surface area contributed by atoms with Crippen molar-refractivity contribution in [3.8, 4) is 0 Å². The fraction of sp³-hybridized carbons (Fsp3) is 0.500. The van der Waals surface area contributed by atoms with Crippen molar-refractivity contribution in [1.82, 2.24) is 5.32 Å². The molecule has 1 aromatic rings. The van der Waals surface area contributed by atoms with E-state index in [2.05, 4.69) is 5.32 Å². The number of nitrogens with one attached hydrogen (secondary N) is 1. The topological polar surface area (TPSA) is 95.9 Å². The summed E-state index contributed by atoms with van der Waals surface area (Å²) >= 11 is 0. The summed E-state index contributed by atoms with van der Waals surface area (Å²) in [6, 6.07) is 8.47. The Kier molecular flexibility index (Phi) is 6.37. The summed E-state index contributed by atoms with van der Waals surface area (Å²) in [6.45, 7) is 5.19. The molecule has 6 heteroatoms. The number of rotatable bonds is 6. The van der Waals surface area contributed by atoms with Gasteiger partial charge in [-0.2, -0.15) is 0 Å². The van der Waals surface area contributed by atoms with E-state index in [-0.39, 0.29) is 0 Å². The van der Waals surface area contributed by atoms with E-state index >= 15 is 0 Å². The van der Waals surface area contributed by atoms with Crippen LogP contribution in [0.2, 0.25) is 0 Å². The number of hydrogen-bond acceptors (Lipinski definition) is 4. The van der Waals surface area contributed by atoms with Crippen LogP contribution in [0.1, 0.15) is 32.8 Å². The van der Waals surface area contributed by atoms with E-state index in [4.69, 9.17) is 9.84 Å². The molecule has 0 spiro atoms. The van der Waals surface area contributed by atoms with Crippen molar-refractivity contribution in [2.75, 3.05) is 0 Å². The Morgan fingerprint density at radius 1 is 1.23 bits per heavy atom. The largest absolute Gasteiger partial charge is 0.481 e. The predicted molar refractivity (Wildman–Crippen MR) is 81.6 cm³/mol. The first kappa shape index (κ1) is 18.0. The number of aliphatic hydroxyl groups is 1. The molecule has 0 aromatic heterocycles. The minimum absolute atomic E-state index is 0.314. The van der Waals surface area contributed by atoms with Crippen LogP contribution in [-0.2, 0) is 16.0 Å². The Balaban J connectivity index is 2.77. The molecule has 2 atom stereocenters. The second-order valence-electron chi connectivity index (χ2n) is 6.11. The lowest BCUT2D eigenvalue weighted by Gasteiger charge is -2.26. The second-order valence-corrected chi connectivity index (χ2v) is 6.11. The van der Waals surface area contributed by atoms with Crippen LogP contribution in [0.4, 0.5) is 4.79 Å². The lowest BCUT2D eigenvalue weighted by Crippen LogP contribution is -2.47. The van der Waals surface area contributed by atoms with Crippen LogP contribution >= 0.6 is 0 Å². The summed E-state index contributed by atoms with van der Waals surface area (Å²) in [5.41, 5.74) is 0.215. The zero-order valence-corrected chi connectivity index (χ0v) is 13.1. The summed E-state index contributed by atoms with van der Waals surface area (Å²) in [6.07, 6.45) is -2.02. The van der Waals surface area contributed by atoms with Gasteiger partial charge in [-0.15, -0.1) is 0 Å². The predicted octanol–water partition coefficient (Wildman–Crippen LogP) is 1.96. The third-order valence-electron chi connectivity index (χ3n) is 2.85. The first-order valence-corrected chi connectivity index (χ1v) is 7.10. The maximum Gasteiger partial charge on any atom is 0.407 e. The van der Waals surface area contributed by atoms with E-state index in [0.29, 0.717) is 6.42 Å². The number of ether oxygens (including phenoxy) is 1. The highest BCUT2D eigenvalue weighted by Crippen LogP contribution is 2.11. The fourth-order valence-corrected chi connectivity index (χ4v) is 1.93. The maximum absolute atomic E-state index is 11.9. The highest BCUT2D eigenvalue weighted by atomic mass is 16.6. The van der Waals surface area contributed by atoms with Gasteiger partial charge in [0.2, 0.25) is 0 Å². The summed E-state index contributed by atoms with van der Waals surface area (Å²) in [5.74, 6) is -1.13. The molecule has 0 unspecified atom stereocenters. The number of carboxylic acids is 1. The molecule has 0 aliphatic carbocycles. The molecule has 0 saturated carbocycles. The number of carboxylic acid groups (broad SMARTS) is 1. The molecule has 0 saturated heterocycles. The summed E-state index contributed by atoms with van der Waals surface area (Å²) in [7, 11) is 0. The van der Waals surface area contributed by atoms with Gasteiger partial charge in [0, 0.05) is 0 Å². The van der Waals surface area contributed by atoms with Crippen molar-refractivity contribution in [3.05, 3.63) is 35.9 Å². The molecule has 122 valence electrons. The van der Waals surface area contributed by atoms with Gasteiger partial charge in [-0.1, -0.05) is 30.3 Å². The Morgan fingerprint density at radius 3 is 2.32 bits per heavy atom. The molecule has 0 aliphatic rings. The van der Waals surface area contributed by atoms with Gasteiger partial charge in [-0.25, -0.2) is 4.79 Å². The lowest BCUT2D eigenvalue weighted by molar-refractivity contribution is -0.139. The number of carbonyl (C=O) groups excluding carboxylic acids is 1. The molecule has 0 aliphatic heterocycles. The molecular weight excluding hydrogens is 286 g/mol. The quantitative estimate of drug-likeness (QED) is 0.746. The molecule has 1 amide bonds. The fourth-order valence-electron chi connectivity index (χ4n) is 1.93. The Bertz CT molecular complexity index is 495. The van der Waals surface area contributed by atoms with Crippen molar-refractivity contribution in [3.63, 3.8) is 0 Å². The Hall–Kier alpha value is -2.08. The molecule has 0 bridgehead atoms. The van der Waals surface area contributed by atoms with E-state index < -0.39 is 36.2 Å². The van der Waals surface area contributed by atoms with Gasteiger partial charge in [0.15, 0.2) is 0 Å². The smallest absolute Gasteiger partial charge is 0.407 e. The molecule has 0 heterocycles. The monoisotopic (exact) mass is 309 g/mol. The Morgan fingerprint density at radius 2 is 1.82 bits per heavy atom. The normalized spacial score (nSPS) is 14.0. The molecule has 0 radical (unpaired) electrons. The Labute approximate surface area is 130 Å². The van der Waals surface area contributed by atoms with E-state index in [1.165, 1.54) is 0 Å². The number of aliphatic hydroxyl groups excluding tert-OH is 1. The molecule has 3 N–H and O–H groups in total. The lowest BCUT2D eigenvalue weighted by atomic mass is 9.99. The van der Waals surface area contributed by atoms with Crippen LogP contribution in [0.15, 0.2) is 30.3 Å². The van der Waals surface area contributed by atoms with E-state index in [1.54, 1.807) is 20.8 Å². The minimum Gasteiger partial charge on any atom is -0.481 e. The SMILES string of the molecule is CC(C)(C)OC(=O)N[C@H](Cc1ccccc1)[C@H](O)CC(=O)O. The third-order valence-corrected chi connectivity index (χ3v) is 2.85. The first-order valence-electron chi connectivity index (χ1n) is 7.10. The minimum atomic E-state index is -1.20. The number of aliphatic carboxylic acids is 1. The second kappa shape index (κ2) is 7.79. The van der Waals surface area contributed by atoms with Gasteiger partial charge in [-0.3, -0.25) is 4.79 Å². The van der Waals surface area contributed by atoms with Crippen LogP contribution in [0, 0.1) is 0 Å². The van der Waals surface area contributed by atoms with Crippen LogP contribution < -0.4 is 5.32 Å². The molecule has 6 nitrogen and oxygen atoms in total. The number of carbonyl (C=O) groups is 2. The molecule has 22 heavy (non-hydrogen) atoms. The number of benzene rings is 1.